The van der Waals surface area contributed by atoms with Crippen molar-refractivity contribution in [3.63, 3.8) is 0 Å². The van der Waals surface area contributed by atoms with E-state index < -0.39 is 40.4 Å². The summed E-state index contributed by atoms with van der Waals surface area (Å²) in [5.74, 6) is -1.28. The van der Waals surface area contributed by atoms with Gasteiger partial charge in [-0.2, -0.15) is 18.4 Å². The van der Waals surface area contributed by atoms with Gasteiger partial charge in [0, 0.05) is 40.3 Å². The van der Waals surface area contributed by atoms with Crippen LogP contribution in [0.4, 0.5) is 18.9 Å². The normalized spacial score (nSPS) is 14.1. The number of benzene rings is 2. The van der Waals surface area contributed by atoms with Crippen LogP contribution in [0.15, 0.2) is 41.3 Å². The fourth-order valence-electron chi connectivity index (χ4n) is 6.03. The number of carbonyl (C=O) groups is 2. The molecule has 0 spiro atoms. The lowest BCUT2D eigenvalue weighted by molar-refractivity contribution is -0.137. The molecule has 1 amide bonds. The largest absolute Gasteiger partial charge is 0.491 e. The van der Waals surface area contributed by atoms with Crippen LogP contribution in [-0.4, -0.2) is 69.7 Å². The highest BCUT2D eigenvalue weighted by Crippen LogP contribution is 2.43. The minimum atomic E-state index is -4.94. The Morgan fingerprint density at radius 3 is 2.59 bits per heavy atom. The molecule has 16 heteroatoms. The van der Waals surface area contributed by atoms with E-state index in [1.54, 1.807) is 49.2 Å². The Labute approximate surface area is 285 Å². The number of nitriles is 1. The van der Waals surface area contributed by atoms with Crippen LogP contribution in [0.25, 0.3) is 32.2 Å². The highest BCUT2D eigenvalue weighted by molar-refractivity contribution is 7.20. The maximum atomic E-state index is 14.4. The number of carbonyl (C=O) groups excluding carboxylic acids is 1. The second-order valence-corrected chi connectivity index (χ2v) is 13.1. The zero-order valence-electron chi connectivity index (χ0n) is 26.2. The van der Waals surface area contributed by atoms with Crippen LogP contribution in [-0.2, 0) is 17.5 Å². The second-order valence-electron chi connectivity index (χ2n) is 11.4. The van der Waals surface area contributed by atoms with Crippen molar-refractivity contribution < 1.29 is 32.6 Å². The van der Waals surface area contributed by atoms with Gasteiger partial charge in [-0.05, 0) is 51.2 Å². The number of hydrogen-bond donors (Lipinski definition) is 1. The zero-order chi connectivity index (χ0) is 35.4. The number of nitrogens with zero attached hydrogens (tertiary/aromatic N) is 6. The van der Waals surface area contributed by atoms with E-state index in [0.29, 0.717) is 43.1 Å². The van der Waals surface area contributed by atoms with Gasteiger partial charge in [-0.25, -0.2) is 9.78 Å². The van der Waals surface area contributed by atoms with Crippen molar-refractivity contribution >= 4 is 61.6 Å². The molecule has 2 aromatic carbocycles. The lowest BCUT2D eigenvalue weighted by Gasteiger charge is -2.34. The SMILES string of the molecule is Cc1sc2c(-c3cc(Cl)ccc3OCCn3c(C)nc4cc(C(F)(F)F)c(N5CCN(C)CC5=O)c(C#N)c4c3=O)ccnc2c1C(=O)O. The zero-order valence-corrected chi connectivity index (χ0v) is 27.8. The number of aryl methyl sites for hydroxylation is 2. The van der Waals surface area contributed by atoms with Crippen molar-refractivity contribution in [2.75, 3.05) is 38.2 Å². The van der Waals surface area contributed by atoms with Gasteiger partial charge in [0.2, 0.25) is 5.91 Å². The van der Waals surface area contributed by atoms with E-state index in [-0.39, 0.29) is 55.1 Å². The third-order valence-electron chi connectivity index (χ3n) is 8.28. The van der Waals surface area contributed by atoms with E-state index in [4.69, 9.17) is 16.3 Å². The van der Waals surface area contributed by atoms with E-state index >= 15 is 0 Å². The number of thiophene rings is 1. The first-order valence-electron chi connectivity index (χ1n) is 14.8. The molecule has 1 N–H and O–H groups in total. The van der Waals surface area contributed by atoms with Crippen molar-refractivity contribution in [3.05, 3.63) is 79.3 Å². The maximum Gasteiger partial charge on any atom is 0.418 e. The molecular formula is C33H26ClF3N6O5S. The summed E-state index contributed by atoms with van der Waals surface area (Å²) in [6.07, 6.45) is -3.45. The molecule has 11 nitrogen and oxygen atoms in total. The van der Waals surface area contributed by atoms with E-state index in [2.05, 4.69) is 9.97 Å². The number of likely N-dealkylation sites (N-methyl/N-ethyl adjacent to an activating group) is 1. The van der Waals surface area contributed by atoms with E-state index in [9.17, 15) is 37.9 Å². The molecular weight excluding hydrogens is 685 g/mol. The number of hydrogen-bond acceptors (Lipinski definition) is 9. The summed E-state index contributed by atoms with van der Waals surface area (Å²) in [4.78, 5) is 50.4. The molecule has 49 heavy (non-hydrogen) atoms. The summed E-state index contributed by atoms with van der Waals surface area (Å²) in [6, 6.07) is 9.08. The Kier molecular flexibility index (Phi) is 8.82. The first-order chi connectivity index (χ1) is 23.2. The fraction of sp³-hybridized carbons (Fsp3) is 0.273. The summed E-state index contributed by atoms with van der Waals surface area (Å²) >= 11 is 7.61. The first-order valence-corrected chi connectivity index (χ1v) is 16.0. The monoisotopic (exact) mass is 710 g/mol. The maximum absolute atomic E-state index is 14.4. The van der Waals surface area contributed by atoms with E-state index in [1.807, 2.05) is 0 Å². The molecule has 0 unspecified atom stereocenters. The molecule has 0 aliphatic carbocycles. The van der Waals surface area contributed by atoms with Gasteiger partial charge in [-0.1, -0.05) is 11.6 Å². The van der Waals surface area contributed by atoms with E-state index in [0.717, 1.165) is 4.90 Å². The Morgan fingerprint density at radius 2 is 1.92 bits per heavy atom. The topological polar surface area (TPSA) is 142 Å². The number of amides is 1. The number of rotatable bonds is 7. The predicted octanol–water partition coefficient (Wildman–Crippen LogP) is 5.89. The molecule has 4 heterocycles. The van der Waals surface area contributed by atoms with E-state index in [1.165, 1.54) is 29.0 Å². The Hall–Kier alpha value is -5.04. The number of alkyl halides is 3. The van der Waals surface area contributed by atoms with Gasteiger partial charge in [-0.15, -0.1) is 11.3 Å². The van der Waals surface area contributed by atoms with Gasteiger partial charge in [0.25, 0.3) is 5.56 Å². The second kappa shape index (κ2) is 12.8. The molecule has 3 aromatic heterocycles. The molecule has 252 valence electrons. The number of pyridine rings is 1. The van der Waals surface area contributed by atoms with Crippen LogP contribution in [0, 0.1) is 25.2 Å². The third-order valence-corrected chi connectivity index (χ3v) is 9.64. The summed E-state index contributed by atoms with van der Waals surface area (Å²) < 4.78 is 51.0. The Bertz CT molecular complexity index is 2300. The molecule has 1 fully saturated rings. The smallest absolute Gasteiger partial charge is 0.418 e. The summed E-state index contributed by atoms with van der Waals surface area (Å²) in [6.45, 7) is 2.96. The minimum absolute atomic E-state index is 0.0870. The van der Waals surface area contributed by atoms with Gasteiger partial charge < -0.3 is 14.7 Å². The van der Waals surface area contributed by atoms with Gasteiger partial charge >= 0.3 is 12.1 Å². The average Bonchev–Trinajstić information content (AvgIpc) is 3.38. The van der Waals surface area contributed by atoms with Crippen LogP contribution in [0.5, 0.6) is 5.75 Å². The van der Waals surface area contributed by atoms with Crippen molar-refractivity contribution in [1.82, 2.24) is 19.4 Å². The van der Waals surface area contributed by atoms with Gasteiger partial charge in [0.1, 0.15) is 24.3 Å². The van der Waals surface area contributed by atoms with Crippen molar-refractivity contribution in [2.45, 2.75) is 26.6 Å². The molecule has 0 radical (unpaired) electrons. The molecule has 0 bridgehead atoms. The Balaban J connectivity index is 1.39. The minimum Gasteiger partial charge on any atom is -0.491 e. The fourth-order valence-corrected chi connectivity index (χ4v) is 7.33. The van der Waals surface area contributed by atoms with Gasteiger partial charge in [0.15, 0.2) is 0 Å². The number of piperazine rings is 1. The molecule has 1 aliphatic heterocycles. The van der Waals surface area contributed by atoms with Crippen LogP contribution in [0.3, 0.4) is 0 Å². The van der Waals surface area contributed by atoms with Crippen LogP contribution >= 0.6 is 22.9 Å². The highest BCUT2D eigenvalue weighted by Gasteiger charge is 2.40. The lowest BCUT2D eigenvalue weighted by Crippen LogP contribution is -2.49. The van der Waals surface area contributed by atoms with Crippen LogP contribution in [0.1, 0.15) is 32.2 Å². The summed E-state index contributed by atoms with van der Waals surface area (Å²) in [5, 5.41) is 19.9. The number of aromatic carboxylic acids is 1. The highest BCUT2D eigenvalue weighted by atomic mass is 35.5. The van der Waals surface area contributed by atoms with Gasteiger partial charge in [0.05, 0.1) is 56.6 Å². The standard InChI is InChI=1S/C33H26ClF3N6O5S/c1-16-26(32(46)47)28-30(49-16)19(6-7-39-28)20-12-18(34)4-5-24(20)48-11-10-42-17(2)40-23-13-22(33(35,36)37)29(21(14-38)27(23)31(42)45)43-9-8-41(3)15-25(43)44/h4-7,12-13H,8-11,15H2,1-3H3,(H,46,47). The van der Waals surface area contributed by atoms with Gasteiger partial charge in [-0.3, -0.25) is 24.0 Å². The number of anilines is 1. The third kappa shape index (κ3) is 6.07. The number of carboxylic acids is 1. The molecule has 6 rings (SSSR count). The molecule has 0 saturated carbocycles. The number of aromatic nitrogens is 3. The number of ether oxygens (including phenoxy) is 1. The number of carboxylic acid groups (broad SMARTS) is 1. The van der Waals surface area contributed by atoms with Crippen LogP contribution < -0.4 is 15.2 Å². The first kappa shape index (κ1) is 33.8. The lowest BCUT2D eigenvalue weighted by atomic mass is 10.00. The number of halogens is 4. The predicted molar refractivity (Wildman–Crippen MR) is 178 cm³/mol. The van der Waals surface area contributed by atoms with Crippen molar-refractivity contribution in [1.29, 1.82) is 5.26 Å². The average molecular weight is 711 g/mol. The summed E-state index contributed by atoms with van der Waals surface area (Å²) in [5.41, 5.74) is -1.94. The molecule has 5 aromatic rings. The number of fused-ring (bicyclic) bond motifs is 2. The molecule has 1 aliphatic rings. The van der Waals surface area contributed by atoms with Crippen LogP contribution in [0.2, 0.25) is 5.02 Å². The van der Waals surface area contributed by atoms with Crippen molar-refractivity contribution in [2.24, 2.45) is 0 Å². The summed E-state index contributed by atoms with van der Waals surface area (Å²) in [7, 11) is 1.65. The molecule has 0 atom stereocenters. The molecule has 1 saturated heterocycles. The Morgan fingerprint density at radius 1 is 1.16 bits per heavy atom. The van der Waals surface area contributed by atoms with Crippen molar-refractivity contribution in [3.8, 4) is 22.9 Å². The quantitative estimate of drug-likeness (QED) is 0.219.